The number of carbonyl (C=O) groups excluding carboxylic acids is 1. The molecule has 2 N–H and O–H groups in total. The maximum atomic E-state index is 12.4. The highest BCUT2D eigenvalue weighted by Crippen LogP contribution is 2.22. The van der Waals surface area contributed by atoms with Gasteiger partial charge in [0.25, 0.3) is 5.91 Å². The van der Waals surface area contributed by atoms with Crippen molar-refractivity contribution in [2.75, 3.05) is 10.6 Å². The van der Waals surface area contributed by atoms with Crippen LogP contribution in [0.3, 0.4) is 0 Å². The fraction of sp³-hybridized carbons (Fsp3) is 0.200. The Morgan fingerprint density at radius 1 is 1.12 bits per heavy atom. The van der Waals surface area contributed by atoms with Crippen LogP contribution in [0.5, 0.6) is 0 Å². The topological polar surface area (TPSA) is 64.9 Å². The zero-order valence-corrected chi connectivity index (χ0v) is 14.2. The second kappa shape index (κ2) is 7.98. The highest BCUT2D eigenvalue weighted by Gasteiger charge is 2.13. The number of para-hydroxylation sites is 2. The van der Waals surface area contributed by atoms with Gasteiger partial charge in [0.2, 0.25) is 0 Å². The standard InChI is InChI=1S/C20H21N3O/c1-4-16-10-7-9-15(3)19(16)23-20(24)17(12-21)13-22-18-11-6-5-8-14(18)2/h5-11,13,22H,4H2,1-3H3,(H,23,24)/b17-13-. The maximum absolute atomic E-state index is 12.4. The molecule has 0 bridgehead atoms. The number of carbonyl (C=O) groups is 1. The minimum absolute atomic E-state index is 0.0311. The number of benzene rings is 2. The van der Waals surface area contributed by atoms with E-state index in [4.69, 9.17) is 0 Å². The minimum atomic E-state index is -0.414. The zero-order chi connectivity index (χ0) is 17.5. The number of nitriles is 1. The summed E-state index contributed by atoms with van der Waals surface area (Å²) >= 11 is 0. The zero-order valence-electron chi connectivity index (χ0n) is 14.2. The SMILES string of the molecule is CCc1cccc(C)c1NC(=O)/C(C#N)=C\Nc1ccccc1C. The molecule has 122 valence electrons. The van der Waals surface area contributed by atoms with Gasteiger partial charge in [-0.1, -0.05) is 43.3 Å². The fourth-order valence-corrected chi connectivity index (χ4v) is 2.42. The predicted molar refractivity (Wildman–Crippen MR) is 97.7 cm³/mol. The minimum Gasteiger partial charge on any atom is -0.360 e. The molecule has 2 rings (SSSR count). The van der Waals surface area contributed by atoms with E-state index in [2.05, 4.69) is 10.6 Å². The Balaban J connectivity index is 2.20. The molecule has 1 amide bonds. The molecule has 0 unspecified atom stereocenters. The first-order valence-electron chi connectivity index (χ1n) is 7.89. The third kappa shape index (κ3) is 4.02. The van der Waals surface area contributed by atoms with Gasteiger partial charge in [-0.3, -0.25) is 4.79 Å². The van der Waals surface area contributed by atoms with Crippen molar-refractivity contribution in [1.29, 1.82) is 5.26 Å². The number of hydrogen-bond donors (Lipinski definition) is 2. The van der Waals surface area contributed by atoms with E-state index in [0.717, 1.165) is 34.5 Å². The summed E-state index contributed by atoms with van der Waals surface area (Å²) in [4.78, 5) is 12.4. The number of nitrogens with zero attached hydrogens (tertiary/aromatic N) is 1. The third-order valence-corrected chi connectivity index (χ3v) is 3.86. The average Bonchev–Trinajstić information content (AvgIpc) is 2.58. The first-order chi connectivity index (χ1) is 11.6. The number of hydrogen-bond acceptors (Lipinski definition) is 3. The molecule has 0 aliphatic carbocycles. The van der Waals surface area contributed by atoms with Crippen molar-refractivity contribution >= 4 is 17.3 Å². The van der Waals surface area contributed by atoms with Crippen LogP contribution in [0.2, 0.25) is 0 Å². The normalized spacial score (nSPS) is 10.8. The van der Waals surface area contributed by atoms with Gasteiger partial charge < -0.3 is 10.6 Å². The monoisotopic (exact) mass is 319 g/mol. The van der Waals surface area contributed by atoms with Gasteiger partial charge in [-0.05, 0) is 43.0 Å². The molecule has 2 aromatic carbocycles. The van der Waals surface area contributed by atoms with Crippen molar-refractivity contribution in [3.63, 3.8) is 0 Å². The molecule has 4 heteroatoms. The van der Waals surface area contributed by atoms with Crippen LogP contribution in [0.1, 0.15) is 23.6 Å². The molecular weight excluding hydrogens is 298 g/mol. The van der Waals surface area contributed by atoms with E-state index in [0.29, 0.717) is 0 Å². The Morgan fingerprint density at radius 2 is 1.83 bits per heavy atom. The third-order valence-electron chi connectivity index (χ3n) is 3.86. The van der Waals surface area contributed by atoms with Crippen molar-refractivity contribution in [2.24, 2.45) is 0 Å². The van der Waals surface area contributed by atoms with Gasteiger partial charge in [-0.25, -0.2) is 0 Å². The number of amides is 1. The molecule has 0 atom stereocenters. The Kier molecular flexibility index (Phi) is 5.75. The Hall–Kier alpha value is -3.06. The Labute approximate surface area is 142 Å². The molecule has 0 saturated heterocycles. The van der Waals surface area contributed by atoms with Crippen LogP contribution in [0.4, 0.5) is 11.4 Å². The van der Waals surface area contributed by atoms with Gasteiger partial charge in [-0.15, -0.1) is 0 Å². The summed E-state index contributed by atoms with van der Waals surface area (Å²) in [5.41, 5.74) is 4.74. The largest absolute Gasteiger partial charge is 0.360 e. The lowest BCUT2D eigenvalue weighted by Gasteiger charge is -2.12. The van der Waals surface area contributed by atoms with Crippen LogP contribution < -0.4 is 10.6 Å². The molecule has 0 saturated carbocycles. The van der Waals surface area contributed by atoms with Gasteiger partial charge in [0, 0.05) is 17.6 Å². The lowest BCUT2D eigenvalue weighted by molar-refractivity contribution is -0.112. The highest BCUT2D eigenvalue weighted by molar-refractivity contribution is 6.07. The summed E-state index contributed by atoms with van der Waals surface area (Å²) in [5.74, 6) is -0.414. The lowest BCUT2D eigenvalue weighted by atomic mass is 10.1. The molecule has 24 heavy (non-hydrogen) atoms. The number of anilines is 2. The Morgan fingerprint density at radius 3 is 2.50 bits per heavy atom. The van der Waals surface area contributed by atoms with E-state index < -0.39 is 5.91 Å². The summed E-state index contributed by atoms with van der Waals surface area (Å²) in [6, 6.07) is 15.5. The number of rotatable bonds is 5. The molecule has 0 aliphatic rings. The highest BCUT2D eigenvalue weighted by atomic mass is 16.1. The fourth-order valence-electron chi connectivity index (χ4n) is 2.42. The van der Waals surface area contributed by atoms with Crippen LogP contribution >= 0.6 is 0 Å². The molecule has 0 aliphatic heterocycles. The quantitative estimate of drug-likeness (QED) is 0.637. The molecule has 4 nitrogen and oxygen atoms in total. The van der Waals surface area contributed by atoms with Crippen molar-refractivity contribution in [3.05, 3.63) is 70.9 Å². The molecule has 2 aromatic rings. The average molecular weight is 319 g/mol. The van der Waals surface area contributed by atoms with E-state index in [-0.39, 0.29) is 5.57 Å². The summed E-state index contributed by atoms with van der Waals surface area (Å²) < 4.78 is 0. The summed E-state index contributed by atoms with van der Waals surface area (Å²) in [5, 5.41) is 15.2. The van der Waals surface area contributed by atoms with E-state index in [1.165, 1.54) is 6.20 Å². The van der Waals surface area contributed by atoms with Crippen molar-refractivity contribution in [1.82, 2.24) is 0 Å². The van der Waals surface area contributed by atoms with Gasteiger partial charge in [0.1, 0.15) is 11.6 Å². The predicted octanol–water partition coefficient (Wildman–Crippen LogP) is 4.32. The lowest BCUT2D eigenvalue weighted by Crippen LogP contribution is -2.16. The second-order valence-corrected chi connectivity index (χ2v) is 5.55. The van der Waals surface area contributed by atoms with Crippen molar-refractivity contribution in [2.45, 2.75) is 27.2 Å². The van der Waals surface area contributed by atoms with Crippen LogP contribution in [0.15, 0.2) is 54.2 Å². The van der Waals surface area contributed by atoms with Crippen LogP contribution in [0.25, 0.3) is 0 Å². The van der Waals surface area contributed by atoms with Crippen molar-refractivity contribution in [3.8, 4) is 6.07 Å². The molecular formula is C20H21N3O. The van der Waals surface area contributed by atoms with E-state index in [9.17, 15) is 10.1 Å². The smallest absolute Gasteiger partial charge is 0.267 e. The van der Waals surface area contributed by atoms with Gasteiger partial charge in [-0.2, -0.15) is 5.26 Å². The molecule has 0 heterocycles. The number of aryl methyl sites for hydroxylation is 3. The van der Waals surface area contributed by atoms with E-state index in [1.807, 2.05) is 69.3 Å². The second-order valence-electron chi connectivity index (χ2n) is 5.55. The van der Waals surface area contributed by atoms with Gasteiger partial charge in [0.15, 0.2) is 0 Å². The van der Waals surface area contributed by atoms with Crippen LogP contribution in [-0.2, 0) is 11.2 Å². The molecule has 0 aromatic heterocycles. The first kappa shape index (κ1) is 17.3. The Bertz CT molecular complexity index is 816. The van der Waals surface area contributed by atoms with Crippen LogP contribution in [0, 0.1) is 25.2 Å². The van der Waals surface area contributed by atoms with E-state index in [1.54, 1.807) is 0 Å². The van der Waals surface area contributed by atoms with Crippen LogP contribution in [-0.4, -0.2) is 5.91 Å². The van der Waals surface area contributed by atoms with E-state index >= 15 is 0 Å². The first-order valence-corrected chi connectivity index (χ1v) is 7.89. The number of nitrogens with one attached hydrogen (secondary N) is 2. The summed E-state index contributed by atoms with van der Waals surface area (Å²) in [6.45, 7) is 5.93. The molecule has 0 spiro atoms. The van der Waals surface area contributed by atoms with Crippen molar-refractivity contribution < 1.29 is 4.79 Å². The summed E-state index contributed by atoms with van der Waals surface area (Å²) in [6.07, 6.45) is 2.26. The molecule has 0 radical (unpaired) electrons. The van der Waals surface area contributed by atoms with Gasteiger partial charge in [0.05, 0.1) is 0 Å². The maximum Gasteiger partial charge on any atom is 0.267 e. The van der Waals surface area contributed by atoms with Gasteiger partial charge >= 0.3 is 0 Å². The molecule has 0 fully saturated rings. The summed E-state index contributed by atoms with van der Waals surface area (Å²) in [7, 11) is 0.